The lowest BCUT2D eigenvalue weighted by Crippen LogP contribution is -2.38. The van der Waals surface area contributed by atoms with Crippen molar-refractivity contribution in [3.8, 4) is 0 Å². The van der Waals surface area contributed by atoms with Gasteiger partial charge < -0.3 is 16.4 Å². The maximum Gasteiger partial charge on any atom is 0.225 e. The van der Waals surface area contributed by atoms with E-state index >= 15 is 0 Å². The molecule has 1 aliphatic rings. The summed E-state index contributed by atoms with van der Waals surface area (Å²) in [5.74, 6) is -0.248. The Bertz CT molecular complexity index is 267. The first kappa shape index (κ1) is 12.0. The van der Waals surface area contributed by atoms with Crippen LogP contribution in [0.15, 0.2) is 0 Å². The molecule has 1 rings (SSSR count). The van der Waals surface area contributed by atoms with Gasteiger partial charge in [0.05, 0.1) is 5.41 Å². The summed E-state index contributed by atoms with van der Waals surface area (Å²) in [6, 6.07) is 0. The fourth-order valence-corrected chi connectivity index (χ4v) is 1.79. The van der Waals surface area contributed by atoms with Gasteiger partial charge in [-0.3, -0.25) is 9.59 Å². The number of hydrogen-bond acceptors (Lipinski definition) is 3. The van der Waals surface area contributed by atoms with E-state index < -0.39 is 5.41 Å². The molecular formula is C10H19N3O2. The Morgan fingerprint density at radius 1 is 1.47 bits per heavy atom. The van der Waals surface area contributed by atoms with E-state index in [2.05, 4.69) is 0 Å². The molecule has 86 valence electrons. The minimum Gasteiger partial charge on any atom is -0.369 e. The van der Waals surface area contributed by atoms with Crippen molar-refractivity contribution in [3.63, 3.8) is 0 Å². The molecule has 2 amide bonds. The van der Waals surface area contributed by atoms with Crippen LogP contribution in [0.5, 0.6) is 0 Å². The minimum atomic E-state index is -0.543. The predicted molar refractivity (Wildman–Crippen MR) is 56.8 cm³/mol. The first-order chi connectivity index (χ1) is 6.99. The van der Waals surface area contributed by atoms with Crippen molar-refractivity contribution in [1.29, 1.82) is 0 Å². The normalized spacial score (nSPS) is 25.6. The van der Waals surface area contributed by atoms with Crippen LogP contribution in [0, 0.1) is 5.41 Å². The zero-order valence-corrected chi connectivity index (χ0v) is 9.16. The van der Waals surface area contributed by atoms with Crippen LogP contribution in [-0.2, 0) is 9.59 Å². The summed E-state index contributed by atoms with van der Waals surface area (Å²) in [6.45, 7) is 3.41. The van der Waals surface area contributed by atoms with Crippen LogP contribution in [0.25, 0.3) is 0 Å². The average molecular weight is 213 g/mol. The molecule has 0 spiro atoms. The zero-order valence-electron chi connectivity index (χ0n) is 9.16. The molecule has 0 aromatic carbocycles. The van der Waals surface area contributed by atoms with Gasteiger partial charge in [0, 0.05) is 19.5 Å². The molecule has 1 aliphatic heterocycles. The van der Waals surface area contributed by atoms with Crippen molar-refractivity contribution in [2.75, 3.05) is 19.6 Å². The lowest BCUT2D eigenvalue weighted by atomic mass is 9.89. The van der Waals surface area contributed by atoms with Crippen molar-refractivity contribution in [1.82, 2.24) is 4.90 Å². The number of nitrogens with zero attached hydrogens (tertiary/aromatic N) is 1. The van der Waals surface area contributed by atoms with E-state index in [1.165, 1.54) is 0 Å². The van der Waals surface area contributed by atoms with Crippen LogP contribution < -0.4 is 11.5 Å². The van der Waals surface area contributed by atoms with Crippen LogP contribution in [0.2, 0.25) is 0 Å². The Morgan fingerprint density at radius 3 is 2.60 bits per heavy atom. The SMILES string of the molecule is CC1(C(N)=O)CCN(C(=O)CCCN)C1. The highest BCUT2D eigenvalue weighted by Crippen LogP contribution is 2.29. The third-order valence-electron chi connectivity index (χ3n) is 3.02. The highest BCUT2D eigenvalue weighted by molar-refractivity contribution is 5.83. The second-order valence-electron chi connectivity index (χ2n) is 4.38. The Balaban J connectivity index is 2.49. The topological polar surface area (TPSA) is 89.4 Å². The molecule has 4 N–H and O–H groups in total. The number of hydrogen-bond donors (Lipinski definition) is 2. The fourth-order valence-electron chi connectivity index (χ4n) is 1.79. The second-order valence-corrected chi connectivity index (χ2v) is 4.38. The summed E-state index contributed by atoms with van der Waals surface area (Å²) < 4.78 is 0. The molecule has 0 saturated carbocycles. The standard InChI is InChI=1S/C10H19N3O2/c1-10(9(12)15)4-6-13(7-10)8(14)3-2-5-11/h2-7,11H2,1H3,(H2,12,15). The van der Waals surface area contributed by atoms with Crippen molar-refractivity contribution in [2.45, 2.75) is 26.2 Å². The third-order valence-corrected chi connectivity index (χ3v) is 3.02. The van der Waals surface area contributed by atoms with Crippen molar-refractivity contribution in [2.24, 2.45) is 16.9 Å². The molecule has 1 atom stereocenters. The summed E-state index contributed by atoms with van der Waals surface area (Å²) in [7, 11) is 0. The van der Waals surface area contributed by atoms with Gasteiger partial charge in [0.2, 0.25) is 11.8 Å². The molecule has 5 heteroatoms. The summed E-state index contributed by atoms with van der Waals surface area (Å²) in [5.41, 5.74) is 10.1. The number of carbonyl (C=O) groups is 2. The van der Waals surface area contributed by atoms with E-state index in [0.717, 1.165) is 0 Å². The number of primary amides is 1. The first-order valence-electron chi connectivity index (χ1n) is 5.27. The molecule has 0 radical (unpaired) electrons. The Hall–Kier alpha value is -1.10. The second kappa shape index (κ2) is 4.61. The number of likely N-dealkylation sites (tertiary alicyclic amines) is 1. The van der Waals surface area contributed by atoms with E-state index in [1.54, 1.807) is 4.90 Å². The largest absolute Gasteiger partial charge is 0.369 e. The third kappa shape index (κ3) is 2.68. The molecule has 1 unspecified atom stereocenters. The number of carbonyl (C=O) groups excluding carboxylic acids is 2. The highest BCUT2D eigenvalue weighted by Gasteiger charge is 2.40. The van der Waals surface area contributed by atoms with E-state index in [0.29, 0.717) is 38.9 Å². The monoisotopic (exact) mass is 213 g/mol. The lowest BCUT2D eigenvalue weighted by molar-refractivity contribution is -0.131. The quantitative estimate of drug-likeness (QED) is 0.656. The van der Waals surface area contributed by atoms with Crippen molar-refractivity contribution < 1.29 is 9.59 Å². The Morgan fingerprint density at radius 2 is 2.13 bits per heavy atom. The van der Waals surface area contributed by atoms with Crippen molar-refractivity contribution >= 4 is 11.8 Å². The molecule has 15 heavy (non-hydrogen) atoms. The van der Waals surface area contributed by atoms with E-state index in [1.807, 2.05) is 6.92 Å². The maximum absolute atomic E-state index is 11.6. The van der Waals surface area contributed by atoms with Crippen LogP contribution in [0.3, 0.4) is 0 Å². The van der Waals surface area contributed by atoms with Crippen LogP contribution in [-0.4, -0.2) is 36.3 Å². The van der Waals surface area contributed by atoms with Crippen LogP contribution >= 0.6 is 0 Å². The molecule has 5 nitrogen and oxygen atoms in total. The van der Waals surface area contributed by atoms with Gasteiger partial charge in [0.15, 0.2) is 0 Å². The van der Waals surface area contributed by atoms with E-state index in [-0.39, 0.29) is 11.8 Å². The van der Waals surface area contributed by atoms with Gasteiger partial charge in [0.25, 0.3) is 0 Å². The van der Waals surface area contributed by atoms with Gasteiger partial charge in [-0.05, 0) is 26.3 Å². The molecule has 0 aromatic rings. The number of amides is 2. The lowest BCUT2D eigenvalue weighted by Gasteiger charge is -2.20. The molecule has 0 aromatic heterocycles. The fraction of sp³-hybridized carbons (Fsp3) is 0.800. The number of nitrogens with two attached hydrogens (primary N) is 2. The van der Waals surface area contributed by atoms with Crippen LogP contribution in [0.1, 0.15) is 26.2 Å². The molecular weight excluding hydrogens is 194 g/mol. The summed E-state index contributed by atoms with van der Waals surface area (Å²) in [6.07, 6.45) is 1.82. The van der Waals surface area contributed by atoms with Gasteiger partial charge in [-0.2, -0.15) is 0 Å². The van der Waals surface area contributed by atoms with Gasteiger partial charge in [-0.15, -0.1) is 0 Å². The van der Waals surface area contributed by atoms with Crippen molar-refractivity contribution in [3.05, 3.63) is 0 Å². The molecule has 1 heterocycles. The van der Waals surface area contributed by atoms with Gasteiger partial charge >= 0.3 is 0 Å². The minimum absolute atomic E-state index is 0.0745. The molecule has 1 saturated heterocycles. The summed E-state index contributed by atoms with van der Waals surface area (Å²) in [4.78, 5) is 24.5. The Kier molecular flexibility index (Phi) is 3.68. The van der Waals surface area contributed by atoms with E-state index in [4.69, 9.17) is 11.5 Å². The first-order valence-corrected chi connectivity index (χ1v) is 5.27. The molecule has 0 aliphatic carbocycles. The van der Waals surface area contributed by atoms with Gasteiger partial charge in [-0.25, -0.2) is 0 Å². The average Bonchev–Trinajstić information content (AvgIpc) is 2.59. The molecule has 1 fully saturated rings. The van der Waals surface area contributed by atoms with Gasteiger partial charge in [-0.1, -0.05) is 0 Å². The Labute approximate surface area is 89.8 Å². The predicted octanol–water partition coefficient (Wildman–Crippen LogP) is -0.551. The smallest absolute Gasteiger partial charge is 0.225 e. The van der Waals surface area contributed by atoms with Gasteiger partial charge in [0.1, 0.15) is 0 Å². The maximum atomic E-state index is 11.6. The summed E-state index contributed by atoms with van der Waals surface area (Å²) in [5, 5.41) is 0. The van der Waals surface area contributed by atoms with E-state index in [9.17, 15) is 9.59 Å². The molecule has 0 bridgehead atoms. The van der Waals surface area contributed by atoms with Crippen LogP contribution in [0.4, 0.5) is 0 Å². The number of rotatable bonds is 4. The summed E-state index contributed by atoms with van der Waals surface area (Å²) >= 11 is 0. The highest BCUT2D eigenvalue weighted by atomic mass is 16.2. The zero-order chi connectivity index (χ0) is 11.5.